The highest BCUT2D eigenvalue weighted by atomic mass is 35.5. The van der Waals surface area contributed by atoms with Crippen molar-refractivity contribution in [1.82, 2.24) is 9.88 Å². The molecule has 29 heavy (non-hydrogen) atoms. The minimum atomic E-state index is -0.370. The van der Waals surface area contributed by atoms with Gasteiger partial charge in [0, 0.05) is 34.9 Å². The molecule has 2 amide bonds. The summed E-state index contributed by atoms with van der Waals surface area (Å²) < 4.78 is 5.55. The van der Waals surface area contributed by atoms with Crippen molar-refractivity contribution in [1.29, 1.82) is 0 Å². The lowest BCUT2D eigenvalue weighted by Gasteiger charge is -2.33. The SMILES string of the molecule is O=C(CN1C(=O)COc2cc(-c3cc(Cl)cc(Cl)c3)cnc21)N1CCC(O)CC1. The Morgan fingerprint density at radius 3 is 2.52 bits per heavy atom. The van der Waals surface area contributed by atoms with Crippen LogP contribution < -0.4 is 9.64 Å². The normalized spacial score (nSPS) is 17.1. The molecule has 1 saturated heterocycles. The van der Waals surface area contributed by atoms with Crippen LogP contribution in [0.3, 0.4) is 0 Å². The maximum absolute atomic E-state index is 12.6. The number of rotatable bonds is 3. The van der Waals surface area contributed by atoms with Gasteiger partial charge in [-0.1, -0.05) is 23.2 Å². The summed E-state index contributed by atoms with van der Waals surface area (Å²) in [5.41, 5.74) is 1.51. The van der Waals surface area contributed by atoms with E-state index in [0.717, 1.165) is 11.1 Å². The van der Waals surface area contributed by atoms with Crippen molar-refractivity contribution >= 4 is 40.8 Å². The zero-order chi connectivity index (χ0) is 20.5. The molecule has 2 aromatic rings. The highest BCUT2D eigenvalue weighted by Crippen LogP contribution is 2.35. The number of likely N-dealkylation sites (tertiary alicyclic amines) is 1. The van der Waals surface area contributed by atoms with Crippen molar-refractivity contribution in [2.24, 2.45) is 0 Å². The van der Waals surface area contributed by atoms with E-state index in [4.69, 9.17) is 27.9 Å². The fraction of sp³-hybridized carbons (Fsp3) is 0.350. The van der Waals surface area contributed by atoms with Gasteiger partial charge >= 0.3 is 0 Å². The topological polar surface area (TPSA) is 83.0 Å². The Hall–Kier alpha value is -2.35. The molecule has 152 valence electrons. The molecule has 0 radical (unpaired) electrons. The van der Waals surface area contributed by atoms with Gasteiger partial charge in [0.2, 0.25) is 5.91 Å². The molecule has 7 nitrogen and oxygen atoms in total. The third kappa shape index (κ3) is 4.32. The fourth-order valence-electron chi connectivity index (χ4n) is 3.47. The first-order valence-electron chi connectivity index (χ1n) is 9.26. The van der Waals surface area contributed by atoms with Crippen LogP contribution in [-0.4, -0.2) is 59.1 Å². The number of halogens is 2. The summed E-state index contributed by atoms with van der Waals surface area (Å²) >= 11 is 12.2. The lowest BCUT2D eigenvalue weighted by molar-refractivity contribution is -0.133. The first-order valence-corrected chi connectivity index (χ1v) is 10.0. The smallest absolute Gasteiger partial charge is 0.266 e. The molecule has 0 aliphatic carbocycles. The number of benzene rings is 1. The molecule has 4 rings (SSSR count). The van der Waals surface area contributed by atoms with Crippen LogP contribution in [0.2, 0.25) is 10.0 Å². The zero-order valence-corrected chi connectivity index (χ0v) is 17.0. The Morgan fingerprint density at radius 1 is 1.14 bits per heavy atom. The number of aromatic nitrogens is 1. The first kappa shape index (κ1) is 19.9. The minimum absolute atomic E-state index is 0.110. The molecule has 0 spiro atoms. The van der Waals surface area contributed by atoms with Crippen molar-refractivity contribution in [3.05, 3.63) is 40.5 Å². The van der Waals surface area contributed by atoms with E-state index in [1.165, 1.54) is 4.90 Å². The van der Waals surface area contributed by atoms with E-state index in [1.54, 1.807) is 35.4 Å². The van der Waals surface area contributed by atoms with Gasteiger partial charge in [0.1, 0.15) is 6.54 Å². The minimum Gasteiger partial charge on any atom is -0.480 e. The van der Waals surface area contributed by atoms with E-state index in [9.17, 15) is 14.7 Å². The third-order valence-corrected chi connectivity index (χ3v) is 5.48. The summed E-state index contributed by atoms with van der Waals surface area (Å²) in [5.74, 6) is 0.225. The van der Waals surface area contributed by atoms with Gasteiger partial charge in [-0.15, -0.1) is 0 Å². The molecule has 1 N–H and O–H groups in total. The second-order valence-electron chi connectivity index (χ2n) is 7.08. The Kier molecular flexibility index (Phi) is 5.63. The van der Waals surface area contributed by atoms with Crippen LogP contribution >= 0.6 is 23.2 Å². The third-order valence-electron chi connectivity index (χ3n) is 5.05. The molecule has 0 atom stereocenters. The van der Waals surface area contributed by atoms with E-state index in [0.29, 0.717) is 47.5 Å². The van der Waals surface area contributed by atoms with E-state index in [1.807, 2.05) is 0 Å². The Bertz CT molecular complexity index is 940. The number of hydrogen-bond acceptors (Lipinski definition) is 5. The number of ether oxygens (including phenoxy) is 1. The van der Waals surface area contributed by atoms with Gasteiger partial charge in [-0.05, 0) is 42.7 Å². The fourth-order valence-corrected chi connectivity index (χ4v) is 4.00. The summed E-state index contributed by atoms with van der Waals surface area (Å²) in [6.07, 6.45) is 2.31. The van der Waals surface area contributed by atoms with Gasteiger partial charge < -0.3 is 14.7 Å². The summed E-state index contributed by atoms with van der Waals surface area (Å²) in [6.45, 7) is 0.682. The highest BCUT2D eigenvalue weighted by Gasteiger charge is 2.31. The number of carbonyl (C=O) groups excluding carboxylic acids is 2. The van der Waals surface area contributed by atoms with Gasteiger partial charge in [0.15, 0.2) is 18.2 Å². The predicted molar refractivity (Wildman–Crippen MR) is 109 cm³/mol. The second-order valence-corrected chi connectivity index (χ2v) is 7.96. The van der Waals surface area contributed by atoms with Crippen LogP contribution in [0.15, 0.2) is 30.5 Å². The molecule has 1 fully saturated rings. The molecule has 0 saturated carbocycles. The Labute approximate surface area is 177 Å². The quantitative estimate of drug-likeness (QED) is 0.800. The lowest BCUT2D eigenvalue weighted by Crippen LogP contribution is -2.49. The van der Waals surface area contributed by atoms with Gasteiger partial charge in [-0.25, -0.2) is 4.98 Å². The molecule has 2 aliphatic rings. The van der Waals surface area contributed by atoms with E-state index in [2.05, 4.69) is 4.98 Å². The summed E-state index contributed by atoms with van der Waals surface area (Å²) in [6, 6.07) is 6.92. The lowest BCUT2D eigenvalue weighted by atomic mass is 10.1. The molecule has 1 aromatic carbocycles. The van der Waals surface area contributed by atoms with Crippen molar-refractivity contribution in [3.63, 3.8) is 0 Å². The number of aliphatic hydroxyl groups excluding tert-OH is 1. The second kappa shape index (κ2) is 8.18. The molecule has 0 bridgehead atoms. The average molecular weight is 436 g/mol. The Balaban J connectivity index is 1.57. The zero-order valence-electron chi connectivity index (χ0n) is 15.5. The van der Waals surface area contributed by atoms with Crippen molar-refractivity contribution in [2.75, 3.05) is 31.1 Å². The first-order chi connectivity index (χ1) is 13.9. The molecule has 3 heterocycles. The van der Waals surface area contributed by atoms with Crippen LogP contribution in [0.4, 0.5) is 5.82 Å². The number of hydrogen-bond donors (Lipinski definition) is 1. The van der Waals surface area contributed by atoms with Gasteiger partial charge in [0.25, 0.3) is 5.91 Å². The molecular weight excluding hydrogens is 417 g/mol. The summed E-state index contributed by atoms with van der Waals surface area (Å²) in [7, 11) is 0. The van der Waals surface area contributed by atoms with Crippen LogP contribution in [0, 0.1) is 0 Å². The van der Waals surface area contributed by atoms with Gasteiger partial charge in [-0.2, -0.15) is 0 Å². The summed E-state index contributed by atoms with van der Waals surface area (Å²) in [5, 5.41) is 10.6. The number of nitrogens with zero attached hydrogens (tertiary/aromatic N) is 3. The maximum Gasteiger partial charge on any atom is 0.266 e. The number of piperidine rings is 1. The van der Waals surface area contributed by atoms with Gasteiger partial charge in [-0.3, -0.25) is 14.5 Å². The average Bonchev–Trinajstić information content (AvgIpc) is 2.69. The monoisotopic (exact) mass is 435 g/mol. The van der Waals surface area contributed by atoms with Gasteiger partial charge in [0.05, 0.1) is 6.10 Å². The van der Waals surface area contributed by atoms with Crippen LogP contribution in [-0.2, 0) is 9.59 Å². The largest absolute Gasteiger partial charge is 0.480 e. The summed E-state index contributed by atoms with van der Waals surface area (Å²) in [4.78, 5) is 32.4. The van der Waals surface area contributed by atoms with E-state index < -0.39 is 0 Å². The van der Waals surface area contributed by atoms with Crippen LogP contribution in [0.25, 0.3) is 11.1 Å². The number of amides is 2. The Morgan fingerprint density at radius 2 is 1.83 bits per heavy atom. The molecule has 0 unspecified atom stereocenters. The van der Waals surface area contributed by atoms with Crippen LogP contribution in [0.1, 0.15) is 12.8 Å². The molecule has 1 aromatic heterocycles. The predicted octanol–water partition coefficient (Wildman–Crippen LogP) is 2.76. The molecular formula is C20H19Cl2N3O4. The number of fused-ring (bicyclic) bond motifs is 1. The highest BCUT2D eigenvalue weighted by molar-refractivity contribution is 6.35. The maximum atomic E-state index is 12.6. The number of aliphatic hydroxyl groups is 1. The number of anilines is 1. The van der Waals surface area contributed by atoms with Crippen molar-refractivity contribution < 1.29 is 19.4 Å². The van der Waals surface area contributed by atoms with Crippen LogP contribution in [0.5, 0.6) is 5.75 Å². The number of pyridine rings is 1. The number of carbonyl (C=O) groups is 2. The standard InChI is InChI=1S/C20H19Cl2N3O4/c21-14-5-12(6-15(22)8-14)13-7-17-20(23-9-13)25(19(28)11-29-17)10-18(27)24-3-1-16(26)2-4-24/h5-9,16,26H,1-4,10-11H2. The van der Waals surface area contributed by atoms with E-state index in [-0.39, 0.29) is 31.1 Å². The van der Waals surface area contributed by atoms with Crippen molar-refractivity contribution in [3.8, 4) is 16.9 Å². The molecule has 2 aliphatic heterocycles. The van der Waals surface area contributed by atoms with Crippen molar-refractivity contribution in [2.45, 2.75) is 18.9 Å². The molecule has 9 heteroatoms. The van der Waals surface area contributed by atoms with E-state index >= 15 is 0 Å².